The van der Waals surface area contributed by atoms with Crippen LogP contribution in [0, 0.1) is 13.8 Å². The molecule has 0 radical (unpaired) electrons. The summed E-state index contributed by atoms with van der Waals surface area (Å²) in [6.07, 6.45) is -4.71. The van der Waals surface area contributed by atoms with Gasteiger partial charge in [0.1, 0.15) is 18.3 Å². The maximum Gasteiger partial charge on any atom is 0.212 e. The van der Waals surface area contributed by atoms with E-state index in [0.717, 1.165) is 16.8 Å². The van der Waals surface area contributed by atoms with Crippen molar-refractivity contribution < 1.29 is 24.9 Å². The second-order valence-corrected chi connectivity index (χ2v) is 4.77. The highest BCUT2D eigenvalue weighted by molar-refractivity contribution is 5.46. The van der Waals surface area contributed by atoms with Crippen LogP contribution >= 0.6 is 0 Å². The smallest absolute Gasteiger partial charge is 0.212 e. The number of nitrogens with one attached hydrogen (secondary N) is 1. The molecule has 0 aromatic heterocycles. The van der Waals surface area contributed by atoms with Gasteiger partial charge in [-0.25, -0.2) is 4.84 Å². The maximum absolute atomic E-state index is 9.68. The Labute approximate surface area is 111 Å². The lowest BCUT2D eigenvalue weighted by molar-refractivity contribution is -0.261. The Kier molecular flexibility index (Phi) is 4.38. The van der Waals surface area contributed by atoms with E-state index in [-0.39, 0.29) is 6.61 Å². The summed E-state index contributed by atoms with van der Waals surface area (Å²) in [4.78, 5) is 5.20. The summed E-state index contributed by atoms with van der Waals surface area (Å²) < 4.78 is 5.10. The van der Waals surface area contributed by atoms with Crippen molar-refractivity contribution in [3.63, 3.8) is 0 Å². The van der Waals surface area contributed by atoms with Gasteiger partial charge >= 0.3 is 0 Å². The number of anilines is 1. The number of aryl methyl sites for hydroxylation is 2. The van der Waals surface area contributed by atoms with Crippen LogP contribution in [-0.2, 0) is 9.57 Å². The van der Waals surface area contributed by atoms with Gasteiger partial charge in [-0.15, -0.1) is 0 Å². The molecule has 1 fully saturated rings. The summed E-state index contributed by atoms with van der Waals surface area (Å²) in [5, 5.41) is 28.5. The first kappa shape index (κ1) is 14.2. The Bertz CT molecular complexity index is 439. The van der Waals surface area contributed by atoms with E-state index in [1.54, 1.807) is 0 Å². The quantitative estimate of drug-likeness (QED) is 0.581. The van der Waals surface area contributed by atoms with Crippen LogP contribution in [0.1, 0.15) is 11.1 Å². The zero-order valence-corrected chi connectivity index (χ0v) is 10.9. The van der Waals surface area contributed by atoms with Crippen LogP contribution in [-0.4, -0.2) is 46.5 Å². The molecule has 0 aliphatic carbocycles. The Hall–Kier alpha value is -1.18. The summed E-state index contributed by atoms with van der Waals surface area (Å²) in [6, 6.07) is 5.68. The van der Waals surface area contributed by atoms with Crippen LogP contribution in [0.5, 0.6) is 0 Å². The minimum absolute atomic E-state index is 0.0858. The summed E-state index contributed by atoms with van der Waals surface area (Å²) in [7, 11) is 0. The van der Waals surface area contributed by atoms with E-state index in [1.165, 1.54) is 0 Å². The SMILES string of the molecule is Cc1ccc(NOC2OC[C@@H](O)[C@@H](O)[C@H]2O)cc1C. The second kappa shape index (κ2) is 5.85. The topological polar surface area (TPSA) is 91.2 Å². The third-order valence-corrected chi connectivity index (χ3v) is 3.25. The minimum Gasteiger partial charge on any atom is -0.388 e. The molecule has 1 aliphatic heterocycles. The Morgan fingerprint density at radius 3 is 2.58 bits per heavy atom. The van der Waals surface area contributed by atoms with Crippen molar-refractivity contribution in [1.29, 1.82) is 0 Å². The molecule has 1 aliphatic rings. The highest BCUT2D eigenvalue weighted by Crippen LogP contribution is 2.19. The average Bonchev–Trinajstić information content (AvgIpc) is 2.39. The molecule has 4 atom stereocenters. The first-order valence-corrected chi connectivity index (χ1v) is 6.14. The van der Waals surface area contributed by atoms with Gasteiger partial charge in [0.25, 0.3) is 0 Å². The van der Waals surface area contributed by atoms with Crippen LogP contribution in [0.15, 0.2) is 18.2 Å². The zero-order valence-electron chi connectivity index (χ0n) is 10.9. The molecular weight excluding hydrogens is 250 g/mol. The van der Waals surface area contributed by atoms with E-state index in [1.807, 2.05) is 32.0 Å². The second-order valence-electron chi connectivity index (χ2n) is 4.77. The molecule has 0 spiro atoms. The molecule has 0 amide bonds. The van der Waals surface area contributed by atoms with E-state index in [9.17, 15) is 15.3 Å². The average molecular weight is 269 g/mol. The third-order valence-electron chi connectivity index (χ3n) is 3.25. The Balaban J connectivity index is 1.93. The molecule has 19 heavy (non-hydrogen) atoms. The van der Waals surface area contributed by atoms with Crippen molar-refractivity contribution in [2.24, 2.45) is 0 Å². The maximum atomic E-state index is 9.68. The molecule has 1 aromatic carbocycles. The lowest BCUT2D eigenvalue weighted by Gasteiger charge is -2.34. The van der Waals surface area contributed by atoms with Crippen LogP contribution in [0.25, 0.3) is 0 Å². The standard InChI is InChI=1S/C13H19NO5/c1-7-3-4-9(5-8(7)2)14-19-13-12(17)11(16)10(15)6-18-13/h3-5,10-17H,6H2,1-2H3/t10-,11-,12-,13?/m1/s1. The first-order valence-electron chi connectivity index (χ1n) is 6.14. The van der Waals surface area contributed by atoms with Crippen molar-refractivity contribution in [1.82, 2.24) is 0 Å². The summed E-state index contributed by atoms with van der Waals surface area (Å²) >= 11 is 0. The van der Waals surface area contributed by atoms with E-state index >= 15 is 0 Å². The van der Waals surface area contributed by atoms with Crippen molar-refractivity contribution in [2.45, 2.75) is 38.4 Å². The van der Waals surface area contributed by atoms with Crippen LogP contribution < -0.4 is 5.48 Å². The van der Waals surface area contributed by atoms with E-state index in [0.29, 0.717) is 0 Å². The number of rotatable bonds is 3. The van der Waals surface area contributed by atoms with E-state index in [2.05, 4.69) is 5.48 Å². The summed E-state index contributed by atoms with van der Waals surface area (Å²) in [5.74, 6) is 0. The largest absolute Gasteiger partial charge is 0.388 e. The van der Waals surface area contributed by atoms with Crippen LogP contribution in [0.4, 0.5) is 5.69 Å². The molecule has 1 heterocycles. The Morgan fingerprint density at radius 1 is 1.16 bits per heavy atom. The van der Waals surface area contributed by atoms with Crippen molar-refractivity contribution >= 4 is 5.69 Å². The lowest BCUT2D eigenvalue weighted by atomic mass is 10.1. The molecule has 2 rings (SSSR count). The van der Waals surface area contributed by atoms with Crippen LogP contribution in [0.3, 0.4) is 0 Å². The highest BCUT2D eigenvalue weighted by atomic mass is 16.8. The molecule has 0 saturated carbocycles. The van der Waals surface area contributed by atoms with Gasteiger partial charge in [0, 0.05) is 0 Å². The van der Waals surface area contributed by atoms with Gasteiger partial charge < -0.3 is 20.1 Å². The lowest BCUT2D eigenvalue weighted by Crippen LogP contribution is -2.54. The molecule has 4 N–H and O–H groups in total. The fraction of sp³-hybridized carbons (Fsp3) is 0.538. The Morgan fingerprint density at radius 2 is 1.89 bits per heavy atom. The van der Waals surface area contributed by atoms with Gasteiger partial charge in [0.15, 0.2) is 0 Å². The predicted octanol–water partition coefficient (Wildman–Crippen LogP) is 0.0859. The fourth-order valence-electron chi connectivity index (χ4n) is 1.81. The normalized spacial score (nSPS) is 31.2. The molecule has 106 valence electrons. The molecule has 6 nitrogen and oxygen atoms in total. The van der Waals surface area contributed by atoms with Gasteiger partial charge in [-0.05, 0) is 37.1 Å². The minimum atomic E-state index is -1.30. The van der Waals surface area contributed by atoms with E-state index < -0.39 is 24.6 Å². The van der Waals surface area contributed by atoms with Crippen molar-refractivity contribution in [2.75, 3.05) is 12.1 Å². The fourth-order valence-corrected chi connectivity index (χ4v) is 1.81. The number of aliphatic hydroxyl groups excluding tert-OH is 3. The molecule has 0 bridgehead atoms. The summed E-state index contributed by atoms with van der Waals surface area (Å²) in [6.45, 7) is 3.90. The predicted molar refractivity (Wildman–Crippen MR) is 68.4 cm³/mol. The third kappa shape index (κ3) is 3.23. The number of aliphatic hydroxyl groups is 3. The number of hydrogen-bond acceptors (Lipinski definition) is 6. The first-order chi connectivity index (χ1) is 8.99. The van der Waals surface area contributed by atoms with Crippen molar-refractivity contribution in [3.05, 3.63) is 29.3 Å². The van der Waals surface area contributed by atoms with Crippen LogP contribution in [0.2, 0.25) is 0 Å². The van der Waals surface area contributed by atoms with Gasteiger partial charge in [-0.2, -0.15) is 0 Å². The molecule has 1 unspecified atom stereocenters. The zero-order chi connectivity index (χ0) is 14.0. The number of benzene rings is 1. The molecule has 1 aromatic rings. The monoisotopic (exact) mass is 269 g/mol. The molecule has 1 saturated heterocycles. The molecular formula is C13H19NO5. The van der Waals surface area contributed by atoms with E-state index in [4.69, 9.17) is 9.57 Å². The number of ether oxygens (including phenoxy) is 1. The molecule has 6 heteroatoms. The van der Waals surface area contributed by atoms with Gasteiger partial charge in [-0.3, -0.25) is 5.48 Å². The number of hydrogen-bond donors (Lipinski definition) is 4. The highest BCUT2D eigenvalue weighted by Gasteiger charge is 2.38. The van der Waals surface area contributed by atoms with Gasteiger partial charge in [-0.1, -0.05) is 6.07 Å². The van der Waals surface area contributed by atoms with Gasteiger partial charge in [0.05, 0.1) is 12.3 Å². The van der Waals surface area contributed by atoms with Gasteiger partial charge in [0.2, 0.25) is 6.29 Å². The summed E-state index contributed by atoms with van der Waals surface area (Å²) in [5.41, 5.74) is 5.66. The van der Waals surface area contributed by atoms with Crippen molar-refractivity contribution in [3.8, 4) is 0 Å².